The molecule has 0 aliphatic heterocycles. The number of thioether (sulfide) groups is 1. The highest BCUT2D eigenvalue weighted by molar-refractivity contribution is 9.10. The summed E-state index contributed by atoms with van der Waals surface area (Å²) >= 11 is 4.21. The Morgan fingerprint density at radius 1 is 1.52 bits per heavy atom. The van der Waals surface area contributed by atoms with Gasteiger partial charge in [0.25, 0.3) is 0 Å². The second-order valence-electron chi connectivity index (χ2n) is 4.26. The minimum absolute atomic E-state index is 0.0585. The van der Waals surface area contributed by atoms with Gasteiger partial charge in [0.1, 0.15) is 5.82 Å². The number of halogens is 2. The van der Waals surface area contributed by atoms with E-state index in [1.54, 1.807) is 0 Å². The minimum atomic E-state index is -0.399. The third-order valence-electron chi connectivity index (χ3n) is 2.57. The third-order valence-corrected chi connectivity index (χ3v) is 4.12. The average Bonchev–Trinajstić information content (AvgIpc) is 2.98. The molecule has 0 unspecified atom stereocenters. The number of hydrogen-bond acceptors (Lipinski definition) is 6. The molecule has 2 rings (SSSR count). The van der Waals surface area contributed by atoms with Crippen LogP contribution in [0.25, 0.3) is 0 Å². The molecule has 7 nitrogen and oxygen atoms in total. The Kier molecular flexibility index (Phi) is 6.11. The van der Waals surface area contributed by atoms with Crippen molar-refractivity contribution in [1.29, 1.82) is 0 Å². The Morgan fingerprint density at radius 3 is 3.00 bits per heavy atom. The fourth-order valence-electron chi connectivity index (χ4n) is 1.56. The van der Waals surface area contributed by atoms with E-state index in [1.807, 2.05) is 6.92 Å². The van der Waals surface area contributed by atoms with E-state index in [0.717, 1.165) is 11.8 Å². The molecular weight excluding hydrogens is 389 g/mol. The number of aliphatic imine (C=N–C) groups is 1. The van der Waals surface area contributed by atoms with Crippen LogP contribution >= 0.6 is 27.7 Å². The SMILES string of the molecule is CCNC(=O)CSc1nonc1C(N)=Nc1ccc(F)c(Br)c1. The number of nitrogens with two attached hydrogens (primary N) is 1. The molecule has 0 bridgehead atoms. The molecule has 1 aromatic heterocycles. The van der Waals surface area contributed by atoms with Crippen LogP contribution in [0, 0.1) is 5.82 Å². The zero-order chi connectivity index (χ0) is 16.8. The van der Waals surface area contributed by atoms with Gasteiger partial charge in [-0.05, 0) is 51.4 Å². The van der Waals surface area contributed by atoms with Gasteiger partial charge in [-0.1, -0.05) is 11.8 Å². The Labute approximate surface area is 144 Å². The van der Waals surface area contributed by atoms with Gasteiger partial charge in [-0.3, -0.25) is 4.79 Å². The van der Waals surface area contributed by atoms with Crippen molar-refractivity contribution < 1.29 is 13.8 Å². The summed E-state index contributed by atoms with van der Waals surface area (Å²) in [4.78, 5) is 15.6. The average molecular weight is 402 g/mol. The molecule has 122 valence electrons. The van der Waals surface area contributed by atoms with Crippen molar-refractivity contribution in [2.75, 3.05) is 12.3 Å². The summed E-state index contributed by atoms with van der Waals surface area (Å²) in [6.45, 7) is 2.38. The minimum Gasteiger partial charge on any atom is -0.382 e. The molecule has 1 amide bonds. The monoisotopic (exact) mass is 401 g/mol. The van der Waals surface area contributed by atoms with Gasteiger partial charge in [-0.15, -0.1) is 0 Å². The molecule has 1 heterocycles. The maximum absolute atomic E-state index is 13.2. The van der Waals surface area contributed by atoms with Crippen LogP contribution in [0.15, 0.2) is 37.3 Å². The molecule has 0 saturated carbocycles. The number of nitrogens with one attached hydrogen (secondary N) is 1. The van der Waals surface area contributed by atoms with Crippen molar-refractivity contribution >= 4 is 45.1 Å². The summed E-state index contributed by atoms with van der Waals surface area (Å²) in [6.07, 6.45) is 0. The van der Waals surface area contributed by atoms with Crippen LogP contribution in [0.2, 0.25) is 0 Å². The fraction of sp³-hybridized carbons (Fsp3) is 0.231. The predicted octanol–water partition coefficient (Wildman–Crippen LogP) is 2.24. The lowest BCUT2D eigenvalue weighted by Gasteiger charge is -2.02. The van der Waals surface area contributed by atoms with Crippen LogP contribution < -0.4 is 11.1 Å². The summed E-state index contributed by atoms with van der Waals surface area (Å²) in [7, 11) is 0. The van der Waals surface area contributed by atoms with E-state index in [-0.39, 0.29) is 27.7 Å². The zero-order valence-corrected chi connectivity index (χ0v) is 14.4. The fourth-order valence-corrected chi connectivity index (χ4v) is 2.66. The lowest BCUT2D eigenvalue weighted by Crippen LogP contribution is -2.24. The van der Waals surface area contributed by atoms with E-state index in [0.29, 0.717) is 17.3 Å². The number of aromatic nitrogens is 2. The molecular formula is C13H13BrFN5O2S. The number of hydrogen-bond donors (Lipinski definition) is 2. The van der Waals surface area contributed by atoms with Crippen LogP contribution in [0.4, 0.5) is 10.1 Å². The molecule has 0 aliphatic carbocycles. The van der Waals surface area contributed by atoms with Crippen molar-refractivity contribution in [1.82, 2.24) is 15.6 Å². The molecule has 0 saturated heterocycles. The van der Waals surface area contributed by atoms with E-state index in [2.05, 4.69) is 41.2 Å². The Morgan fingerprint density at radius 2 is 2.30 bits per heavy atom. The van der Waals surface area contributed by atoms with Gasteiger partial charge in [0.05, 0.1) is 15.9 Å². The van der Waals surface area contributed by atoms with Gasteiger partial charge in [0.15, 0.2) is 16.6 Å². The van der Waals surface area contributed by atoms with Gasteiger partial charge in [0.2, 0.25) is 5.91 Å². The van der Waals surface area contributed by atoms with Gasteiger partial charge in [-0.2, -0.15) is 0 Å². The number of benzene rings is 1. The van der Waals surface area contributed by atoms with Crippen LogP contribution in [-0.2, 0) is 4.79 Å². The highest BCUT2D eigenvalue weighted by Crippen LogP contribution is 2.24. The number of nitrogens with zero attached hydrogens (tertiary/aromatic N) is 3. The smallest absolute Gasteiger partial charge is 0.230 e. The van der Waals surface area contributed by atoms with Crippen molar-refractivity contribution in [2.45, 2.75) is 11.9 Å². The van der Waals surface area contributed by atoms with Crippen LogP contribution in [0.1, 0.15) is 12.6 Å². The second-order valence-corrected chi connectivity index (χ2v) is 6.07. The highest BCUT2D eigenvalue weighted by atomic mass is 79.9. The predicted molar refractivity (Wildman–Crippen MR) is 88.2 cm³/mol. The number of carbonyl (C=O) groups excluding carboxylic acids is 1. The van der Waals surface area contributed by atoms with Crippen LogP contribution in [-0.4, -0.2) is 34.4 Å². The van der Waals surface area contributed by atoms with Gasteiger partial charge >= 0.3 is 0 Å². The third kappa shape index (κ3) is 4.76. The molecule has 0 spiro atoms. The van der Waals surface area contributed by atoms with Gasteiger partial charge in [-0.25, -0.2) is 14.0 Å². The lowest BCUT2D eigenvalue weighted by atomic mass is 10.3. The standard InChI is InChI=1S/C13H13BrFN5O2S/c1-2-17-10(21)6-23-13-11(19-22-20-13)12(16)18-7-3-4-9(15)8(14)5-7/h3-5H,2,6H2,1H3,(H2,16,18)(H,17,21). The molecule has 0 fully saturated rings. The lowest BCUT2D eigenvalue weighted by molar-refractivity contribution is -0.118. The van der Waals surface area contributed by atoms with Crippen molar-refractivity contribution in [2.24, 2.45) is 10.7 Å². The number of amides is 1. The van der Waals surface area contributed by atoms with E-state index >= 15 is 0 Å². The van der Waals surface area contributed by atoms with E-state index in [1.165, 1.54) is 18.2 Å². The van der Waals surface area contributed by atoms with Gasteiger partial charge in [0, 0.05) is 6.54 Å². The number of carbonyl (C=O) groups is 1. The molecule has 0 aliphatic rings. The Balaban J connectivity index is 2.15. The highest BCUT2D eigenvalue weighted by Gasteiger charge is 2.16. The van der Waals surface area contributed by atoms with E-state index in [9.17, 15) is 9.18 Å². The molecule has 2 aromatic rings. The zero-order valence-electron chi connectivity index (χ0n) is 12.0. The van der Waals surface area contributed by atoms with Crippen LogP contribution in [0.5, 0.6) is 0 Å². The Bertz CT molecular complexity index is 737. The largest absolute Gasteiger partial charge is 0.382 e. The molecule has 23 heavy (non-hydrogen) atoms. The summed E-state index contributed by atoms with van der Waals surface area (Å²) in [5.41, 5.74) is 6.57. The first-order valence-corrected chi connectivity index (χ1v) is 8.30. The summed E-state index contributed by atoms with van der Waals surface area (Å²) in [5, 5.41) is 10.4. The number of amidine groups is 1. The van der Waals surface area contributed by atoms with Crippen molar-refractivity contribution in [3.05, 3.63) is 34.2 Å². The second kappa shape index (κ2) is 8.06. The first kappa shape index (κ1) is 17.4. The van der Waals surface area contributed by atoms with E-state index < -0.39 is 5.82 Å². The maximum Gasteiger partial charge on any atom is 0.230 e. The van der Waals surface area contributed by atoms with Crippen LogP contribution in [0.3, 0.4) is 0 Å². The Hall–Kier alpha value is -1.94. The normalized spacial score (nSPS) is 11.5. The molecule has 0 atom stereocenters. The first-order chi connectivity index (χ1) is 11.0. The van der Waals surface area contributed by atoms with Crippen molar-refractivity contribution in [3.63, 3.8) is 0 Å². The quantitative estimate of drug-likeness (QED) is 0.436. The molecule has 0 radical (unpaired) electrons. The van der Waals surface area contributed by atoms with Crippen molar-refractivity contribution in [3.8, 4) is 0 Å². The number of rotatable bonds is 6. The molecule has 10 heteroatoms. The molecule has 3 N–H and O–H groups in total. The molecule has 1 aromatic carbocycles. The topological polar surface area (TPSA) is 106 Å². The van der Waals surface area contributed by atoms with E-state index in [4.69, 9.17) is 5.73 Å². The van der Waals surface area contributed by atoms with Gasteiger partial charge < -0.3 is 11.1 Å². The maximum atomic E-state index is 13.2. The first-order valence-electron chi connectivity index (χ1n) is 6.53. The summed E-state index contributed by atoms with van der Waals surface area (Å²) in [5.74, 6) is -0.318. The summed E-state index contributed by atoms with van der Waals surface area (Å²) < 4.78 is 18.1. The summed E-state index contributed by atoms with van der Waals surface area (Å²) in [6, 6.07) is 4.22.